The van der Waals surface area contributed by atoms with Crippen molar-refractivity contribution in [3.63, 3.8) is 0 Å². The summed E-state index contributed by atoms with van der Waals surface area (Å²) in [6.07, 6.45) is 4.25. The predicted octanol–water partition coefficient (Wildman–Crippen LogP) is 1.11. The van der Waals surface area contributed by atoms with Crippen LogP contribution < -0.4 is 10.5 Å². The highest BCUT2D eigenvalue weighted by molar-refractivity contribution is 9.10. The Morgan fingerprint density at radius 2 is 2.20 bits per heavy atom. The molecule has 0 unspecified atom stereocenters. The number of aromatic nitrogens is 3. The van der Waals surface area contributed by atoms with Gasteiger partial charge < -0.3 is 5.73 Å². The third kappa shape index (κ3) is 3.35. The van der Waals surface area contributed by atoms with Gasteiger partial charge in [0.2, 0.25) is 0 Å². The van der Waals surface area contributed by atoms with Gasteiger partial charge in [-0.15, -0.1) is 0 Å². The molecular formula is C11H14BrN5O2S. The van der Waals surface area contributed by atoms with E-state index in [1.807, 2.05) is 0 Å². The van der Waals surface area contributed by atoms with Crippen molar-refractivity contribution in [1.29, 1.82) is 0 Å². The number of nitrogens with one attached hydrogen (secondary N) is 1. The number of rotatable bonds is 5. The van der Waals surface area contributed by atoms with Gasteiger partial charge in [-0.25, -0.2) is 13.4 Å². The molecule has 2 heterocycles. The number of hydrogen-bond acceptors (Lipinski definition) is 5. The maximum atomic E-state index is 12.2. The minimum absolute atomic E-state index is 0.0788. The first-order chi connectivity index (χ1) is 9.42. The van der Waals surface area contributed by atoms with E-state index in [0.717, 1.165) is 10.0 Å². The summed E-state index contributed by atoms with van der Waals surface area (Å²) in [6.45, 7) is 2.63. The van der Waals surface area contributed by atoms with E-state index in [1.165, 1.54) is 23.3 Å². The molecular weight excluding hydrogens is 346 g/mol. The maximum Gasteiger partial charge on any atom is 0.266 e. The van der Waals surface area contributed by atoms with Crippen LogP contribution in [-0.2, 0) is 16.6 Å². The zero-order chi connectivity index (χ0) is 14.8. The summed E-state index contributed by atoms with van der Waals surface area (Å²) in [7, 11) is -3.70. The van der Waals surface area contributed by atoms with Gasteiger partial charge in [-0.2, -0.15) is 5.10 Å². The molecule has 2 aromatic heterocycles. The molecule has 0 saturated carbocycles. The Morgan fingerprint density at radius 1 is 1.45 bits per heavy atom. The molecule has 0 amide bonds. The fourth-order valence-corrected chi connectivity index (χ4v) is 3.05. The molecule has 2 aromatic rings. The Hall–Kier alpha value is -1.45. The second-order valence-corrected chi connectivity index (χ2v) is 6.75. The summed E-state index contributed by atoms with van der Waals surface area (Å²) in [4.78, 5) is 4.13. The minimum Gasteiger partial charge on any atom is -0.329 e. The van der Waals surface area contributed by atoms with Gasteiger partial charge in [0.25, 0.3) is 10.0 Å². The third-order valence-corrected chi connectivity index (χ3v) is 4.28. The smallest absolute Gasteiger partial charge is 0.266 e. The van der Waals surface area contributed by atoms with Crippen LogP contribution in [-0.4, -0.2) is 29.7 Å². The number of nitrogens with zero attached hydrogens (tertiary/aromatic N) is 3. The zero-order valence-electron chi connectivity index (χ0n) is 10.7. The highest BCUT2D eigenvalue weighted by atomic mass is 79.9. The van der Waals surface area contributed by atoms with Crippen molar-refractivity contribution in [2.24, 2.45) is 5.73 Å². The number of anilines is 1. The molecule has 2 rings (SSSR count). The SMILES string of the molecule is Cc1cc(Br)cnc1NS(=O)(=O)c1cnn(CCN)c1. The van der Waals surface area contributed by atoms with Crippen molar-refractivity contribution in [2.75, 3.05) is 11.3 Å². The van der Waals surface area contributed by atoms with Crippen LogP contribution in [0.15, 0.2) is 34.0 Å². The molecule has 0 spiro atoms. The van der Waals surface area contributed by atoms with Crippen LogP contribution in [0, 0.1) is 6.92 Å². The number of nitrogens with two attached hydrogens (primary N) is 1. The van der Waals surface area contributed by atoms with Crippen molar-refractivity contribution in [2.45, 2.75) is 18.4 Å². The van der Waals surface area contributed by atoms with Gasteiger partial charge in [0.1, 0.15) is 10.7 Å². The monoisotopic (exact) mass is 359 g/mol. The average molecular weight is 360 g/mol. The summed E-state index contributed by atoms with van der Waals surface area (Å²) >= 11 is 3.28. The lowest BCUT2D eigenvalue weighted by atomic mass is 10.3. The molecule has 7 nitrogen and oxygen atoms in total. The summed E-state index contributed by atoms with van der Waals surface area (Å²) < 4.78 is 29.1. The molecule has 0 saturated heterocycles. The first-order valence-electron chi connectivity index (χ1n) is 5.80. The number of sulfonamides is 1. The summed E-state index contributed by atoms with van der Waals surface area (Å²) in [5, 5.41) is 3.94. The van der Waals surface area contributed by atoms with Gasteiger partial charge in [-0.05, 0) is 34.5 Å². The summed E-state index contributed by atoms with van der Waals surface area (Å²) in [5.74, 6) is 0.291. The van der Waals surface area contributed by atoms with Crippen molar-refractivity contribution >= 4 is 31.8 Å². The largest absolute Gasteiger partial charge is 0.329 e. The molecule has 0 radical (unpaired) electrons. The number of aryl methyl sites for hydroxylation is 1. The van der Waals surface area contributed by atoms with Gasteiger partial charge in [-0.3, -0.25) is 9.40 Å². The second kappa shape index (κ2) is 5.90. The molecule has 0 aromatic carbocycles. The molecule has 0 atom stereocenters. The van der Waals surface area contributed by atoms with E-state index in [-0.39, 0.29) is 4.90 Å². The van der Waals surface area contributed by atoms with Crippen molar-refractivity contribution < 1.29 is 8.42 Å². The summed E-state index contributed by atoms with van der Waals surface area (Å²) in [6, 6.07) is 1.78. The number of halogens is 1. The van der Waals surface area contributed by atoms with E-state index >= 15 is 0 Å². The Morgan fingerprint density at radius 3 is 2.85 bits per heavy atom. The van der Waals surface area contributed by atoms with E-state index in [0.29, 0.717) is 18.9 Å². The first kappa shape index (κ1) is 14.9. The Bertz CT molecular complexity index is 713. The lowest BCUT2D eigenvalue weighted by Crippen LogP contribution is -2.14. The number of pyridine rings is 1. The highest BCUT2D eigenvalue weighted by Gasteiger charge is 2.18. The molecule has 20 heavy (non-hydrogen) atoms. The van der Waals surface area contributed by atoms with Crippen LogP contribution in [0.1, 0.15) is 5.56 Å². The standard InChI is InChI=1S/C11H14BrN5O2S/c1-8-4-9(12)5-14-11(8)16-20(18,19)10-6-15-17(7-10)3-2-13/h4-7H,2-3,13H2,1H3,(H,14,16). The van der Waals surface area contributed by atoms with Crippen LogP contribution in [0.5, 0.6) is 0 Å². The summed E-state index contributed by atoms with van der Waals surface area (Å²) in [5.41, 5.74) is 6.12. The van der Waals surface area contributed by atoms with Crippen molar-refractivity contribution in [1.82, 2.24) is 14.8 Å². The highest BCUT2D eigenvalue weighted by Crippen LogP contribution is 2.20. The predicted molar refractivity (Wildman–Crippen MR) is 78.8 cm³/mol. The average Bonchev–Trinajstić information content (AvgIpc) is 2.83. The molecule has 3 N–H and O–H groups in total. The van der Waals surface area contributed by atoms with Gasteiger partial charge >= 0.3 is 0 Å². The maximum absolute atomic E-state index is 12.2. The molecule has 0 aliphatic rings. The normalized spacial score (nSPS) is 11.6. The molecule has 108 valence electrons. The van der Waals surface area contributed by atoms with Crippen LogP contribution in [0.25, 0.3) is 0 Å². The van der Waals surface area contributed by atoms with Gasteiger partial charge in [-0.1, -0.05) is 0 Å². The lowest BCUT2D eigenvalue weighted by molar-refractivity contribution is 0.599. The van der Waals surface area contributed by atoms with Crippen LogP contribution in [0.2, 0.25) is 0 Å². The fraction of sp³-hybridized carbons (Fsp3) is 0.273. The Kier molecular flexibility index (Phi) is 4.41. The first-order valence-corrected chi connectivity index (χ1v) is 8.07. The molecule has 0 fully saturated rings. The van der Waals surface area contributed by atoms with Gasteiger partial charge in [0.15, 0.2) is 0 Å². The number of hydrogen-bond donors (Lipinski definition) is 2. The quantitative estimate of drug-likeness (QED) is 0.832. The van der Waals surface area contributed by atoms with E-state index in [9.17, 15) is 8.42 Å². The van der Waals surface area contributed by atoms with E-state index < -0.39 is 10.0 Å². The van der Waals surface area contributed by atoms with Crippen LogP contribution in [0.4, 0.5) is 5.82 Å². The van der Waals surface area contributed by atoms with E-state index in [4.69, 9.17) is 5.73 Å². The van der Waals surface area contributed by atoms with Gasteiger partial charge in [0.05, 0.1) is 12.7 Å². The van der Waals surface area contributed by atoms with Crippen LogP contribution >= 0.6 is 15.9 Å². The van der Waals surface area contributed by atoms with Crippen molar-refractivity contribution in [3.05, 3.63) is 34.7 Å². The molecule has 0 aliphatic carbocycles. The van der Waals surface area contributed by atoms with Crippen LogP contribution in [0.3, 0.4) is 0 Å². The van der Waals surface area contributed by atoms with E-state index in [2.05, 4.69) is 30.7 Å². The third-order valence-electron chi connectivity index (χ3n) is 2.55. The molecule has 0 aliphatic heterocycles. The lowest BCUT2D eigenvalue weighted by Gasteiger charge is -2.08. The van der Waals surface area contributed by atoms with Crippen molar-refractivity contribution in [3.8, 4) is 0 Å². The molecule has 0 bridgehead atoms. The second-order valence-electron chi connectivity index (χ2n) is 4.15. The topological polar surface area (TPSA) is 103 Å². The fourth-order valence-electron chi connectivity index (χ4n) is 1.57. The Labute approximate surface area is 125 Å². The zero-order valence-corrected chi connectivity index (χ0v) is 13.1. The van der Waals surface area contributed by atoms with Gasteiger partial charge in [0, 0.05) is 23.4 Å². The molecule has 9 heteroatoms. The van der Waals surface area contributed by atoms with E-state index in [1.54, 1.807) is 13.0 Å². The minimum atomic E-state index is -3.70. The Balaban J connectivity index is 2.26.